The summed E-state index contributed by atoms with van der Waals surface area (Å²) in [4.78, 5) is 45.8. The van der Waals surface area contributed by atoms with Crippen molar-refractivity contribution in [3.63, 3.8) is 0 Å². The average molecular weight is 475 g/mol. The van der Waals surface area contributed by atoms with Gasteiger partial charge in [0.1, 0.15) is 11.9 Å². The van der Waals surface area contributed by atoms with E-state index in [-0.39, 0.29) is 5.56 Å². The molecule has 182 valence electrons. The monoisotopic (exact) mass is 474 g/mol. The van der Waals surface area contributed by atoms with E-state index < -0.39 is 23.3 Å². The van der Waals surface area contributed by atoms with Crippen LogP contribution in [0.3, 0.4) is 0 Å². The molecule has 1 atom stereocenters. The highest BCUT2D eigenvalue weighted by Gasteiger charge is 2.32. The van der Waals surface area contributed by atoms with Gasteiger partial charge in [0.15, 0.2) is 0 Å². The lowest BCUT2D eigenvalue weighted by Crippen LogP contribution is -2.49. The number of carboxylic acids is 1. The topological polar surface area (TPSA) is 115 Å². The number of anilines is 1. The molecule has 0 aliphatic heterocycles. The predicted molar refractivity (Wildman–Crippen MR) is 137 cm³/mol. The molecule has 0 bridgehead atoms. The van der Waals surface area contributed by atoms with Gasteiger partial charge in [-0.05, 0) is 66.8 Å². The number of amides is 1. The summed E-state index contributed by atoms with van der Waals surface area (Å²) in [7, 11) is 0. The van der Waals surface area contributed by atoms with Gasteiger partial charge in [0.05, 0.1) is 17.4 Å². The molecule has 2 aromatic carbocycles. The number of benzene rings is 2. The number of carboxylic acid groups (broad SMARTS) is 1. The summed E-state index contributed by atoms with van der Waals surface area (Å²) in [5.74, 6) is 1.67. The number of aromatic nitrogens is 2. The minimum Gasteiger partial charge on any atom is -0.480 e. The molecule has 8 heteroatoms. The molecular formula is C27H30N4O4. The van der Waals surface area contributed by atoms with Gasteiger partial charge in [0.2, 0.25) is 0 Å². The van der Waals surface area contributed by atoms with Crippen LogP contribution >= 0.6 is 0 Å². The number of terminal acetylenes is 1. The van der Waals surface area contributed by atoms with Gasteiger partial charge in [-0.1, -0.05) is 26.7 Å². The summed E-state index contributed by atoms with van der Waals surface area (Å²) >= 11 is 0. The van der Waals surface area contributed by atoms with Crippen molar-refractivity contribution in [1.82, 2.24) is 15.3 Å². The zero-order chi connectivity index (χ0) is 25.9. The zero-order valence-corrected chi connectivity index (χ0v) is 20.6. The number of hydrogen-bond acceptors (Lipinski definition) is 5. The standard InChI is InChI=1S/C27H30N4O4/c1-7-12-31(15-19-14-21-22(13-16(19)2)28-17(3)29-25(21)33)20-10-8-18(9-11-20)24(32)30-23(26(34)35)27(4,5)6/h1,8-11,13-14,23H,12,15H2,2-6H3,(H,30,32)(H,34,35)(H,28,29,33)/t23-/m1/s1. The van der Waals surface area contributed by atoms with Gasteiger partial charge < -0.3 is 20.3 Å². The average Bonchev–Trinajstić information content (AvgIpc) is 2.76. The minimum atomic E-state index is -1.09. The van der Waals surface area contributed by atoms with Crippen molar-refractivity contribution in [2.45, 2.75) is 47.2 Å². The van der Waals surface area contributed by atoms with E-state index in [1.165, 1.54) is 0 Å². The smallest absolute Gasteiger partial charge is 0.326 e. The van der Waals surface area contributed by atoms with Crippen molar-refractivity contribution >= 4 is 28.5 Å². The lowest BCUT2D eigenvalue weighted by atomic mass is 9.86. The van der Waals surface area contributed by atoms with Gasteiger partial charge in [-0.2, -0.15) is 0 Å². The number of nitrogens with zero attached hydrogens (tertiary/aromatic N) is 2. The Morgan fingerprint density at radius 2 is 1.86 bits per heavy atom. The third-order valence-corrected chi connectivity index (χ3v) is 5.81. The predicted octanol–water partition coefficient (Wildman–Crippen LogP) is 3.41. The Morgan fingerprint density at radius 3 is 2.43 bits per heavy atom. The minimum absolute atomic E-state index is 0.192. The van der Waals surface area contributed by atoms with E-state index in [2.05, 4.69) is 21.2 Å². The Hall–Kier alpha value is -4.12. The van der Waals surface area contributed by atoms with Crippen molar-refractivity contribution in [2.75, 3.05) is 11.4 Å². The molecule has 1 heterocycles. The van der Waals surface area contributed by atoms with Crippen LogP contribution < -0.4 is 15.8 Å². The Labute approximate surface area is 204 Å². The van der Waals surface area contributed by atoms with Crippen molar-refractivity contribution < 1.29 is 14.7 Å². The van der Waals surface area contributed by atoms with Gasteiger partial charge in [-0.3, -0.25) is 9.59 Å². The molecule has 0 saturated heterocycles. The molecule has 0 spiro atoms. The first kappa shape index (κ1) is 25.5. The van der Waals surface area contributed by atoms with Crippen LogP contribution in [0.1, 0.15) is 48.1 Å². The largest absolute Gasteiger partial charge is 0.480 e. The van der Waals surface area contributed by atoms with Crippen LogP contribution in [0.5, 0.6) is 0 Å². The highest BCUT2D eigenvalue weighted by molar-refractivity contribution is 5.97. The Morgan fingerprint density at radius 1 is 1.20 bits per heavy atom. The van der Waals surface area contributed by atoms with E-state index in [4.69, 9.17) is 6.42 Å². The molecule has 1 aromatic heterocycles. The van der Waals surface area contributed by atoms with Crippen LogP contribution in [0, 0.1) is 31.6 Å². The van der Waals surface area contributed by atoms with Crippen LogP contribution in [-0.4, -0.2) is 39.5 Å². The van der Waals surface area contributed by atoms with E-state index in [0.717, 1.165) is 16.8 Å². The number of aromatic amines is 1. The van der Waals surface area contributed by atoms with Crippen LogP contribution in [0.2, 0.25) is 0 Å². The second-order valence-electron chi connectivity index (χ2n) is 9.66. The third kappa shape index (κ3) is 5.87. The molecule has 0 radical (unpaired) electrons. The number of aliphatic carboxylic acids is 1. The molecule has 0 saturated carbocycles. The maximum Gasteiger partial charge on any atom is 0.326 e. The molecule has 0 aliphatic rings. The summed E-state index contributed by atoms with van der Waals surface area (Å²) in [6.07, 6.45) is 5.62. The maximum absolute atomic E-state index is 12.7. The summed E-state index contributed by atoms with van der Waals surface area (Å²) in [5.41, 5.74) is 2.86. The fourth-order valence-corrected chi connectivity index (χ4v) is 3.86. The molecule has 35 heavy (non-hydrogen) atoms. The number of carbonyl (C=O) groups excluding carboxylic acids is 1. The fraction of sp³-hybridized carbons (Fsp3) is 0.333. The first-order chi connectivity index (χ1) is 16.4. The summed E-state index contributed by atoms with van der Waals surface area (Å²) < 4.78 is 0. The van der Waals surface area contributed by atoms with Gasteiger partial charge in [-0.15, -0.1) is 6.42 Å². The van der Waals surface area contributed by atoms with Crippen LogP contribution in [0.4, 0.5) is 5.69 Å². The van der Waals surface area contributed by atoms with E-state index in [1.54, 1.807) is 52.0 Å². The number of H-pyrrole nitrogens is 1. The molecule has 1 amide bonds. The number of hydrogen-bond donors (Lipinski definition) is 3. The highest BCUT2D eigenvalue weighted by Crippen LogP contribution is 2.23. The first-order valence-corrected chi connectivity index (χ1v) is 11.2. The van der Waals surface area contributed by atoms with Gasteiger partial charge >= 0.3 is 5.97 Å². The van der Waals surface area contributed by atoms with Gasteiger partial charge in [0, 0.05) is 17.8 Å². The number of rotatable bonds is 7. The molecule has 3 rings (SSSR count). The Kier molecular flexibility index (Phi) is 7.30. The number of carbonyl (C=O) groups is 2. The van der Waals surface area contributed by atoms with Crippen LogP contribution in [0.15, 0.2) is 41.2 Å². The molecule has 0 unspecified atom stereocenters. The fourth-order valence-electron chi connectivity index (χ4n) is 3.86. The van der Waals surface area contributed by atoms with Crippen LogP contribution in [-0.2, 0) is 11.3 Å². The molecular weight excluding hydrogens is 444 g/mol. The highest BCUT2D eigenvalue weighted by atomic mass is 16.4. The number of fused-ring (bicyclic) bond motifs is 1. The SMILES string of the molecule is C#CCN(Cc1cc2c(=O)[nH]c(C)nc2cc1C)c1ccc(C(=O)N[C@H](C(=O)O)C(C)(C)C)cc1. The lowest BCUT2D eigenvalue weighted by Gasteiger charge is -2.28. The number of aryl methyl sites for hydroxylation is 2. The maximum atomic E-state index is 12.7. The second kappa shape index (κ2) is 10.0. The zero-order valence-electron chi connectivity index (χ0n) is 20.6. The lowest BCUT2D eigenvalue weighted by molar-refractivity contribution is -0.142. The summed E-state index contributed by atoms with van der Waals surface area (Å²) in [6, 6.07) is 9.52. The third-order valence-electron chi connectivity index (χ3n) is 5.81. The molecule has 3 N–H and O–H groups in total. The van der Waals surface area contributed by atoms with E-state index >= 15 is 0 Å². The number of nitrogens with one attached hydrogen (secondary N) is 2. The van der Waals surface area contributed by atoms with E-state index in [0.29, 0.717) is 35.4 Å². The molecule has 0 aliphatic carbocycles. The molecule has 3 aromatic rings. The summed E-state index contributed by atoms with van der Waals surface area (Å²) in [5, 5.41) is 12.6. The molecule has 0 fully saturated rings. The molecule has 8 nitrogen and oxygen atoms in total. The van der Waals surface area contributed by atoms with Crippen LogP contribution in [0.25, 0.3) is 10.9 Å². The summed E-state index contributed by atoms with van der Waals surface area (Å²) in [6.45, 7) is 9.74. The van der Waals surface area contributed by atoms with Crippen molar-refractivity contribution in [2.24, 2.45) is 5.41 Å². The van der Waals surface area contributed by atoms with E-state index in [1.807, 2.05) is 24.0 Å². The normalized spacial score (nSPS) is 12.1. The van der Waals surface area contributed by atoms with Crippen molar-refractivity contribution in [3.05, 3.63) is 69.3 Å². The van der Waals surface area contributed by atoms with Crippen molar-refractivity contribution in [1.29, 1.82) is 0 Å². The van der Waals surface area contributed by atoms with Gasteiger partial charge in [0.25, 0.3) is 11.5 Å². The quantitative estimate of drug-likeness (QED) is 0.452. The Balaban J connectivity index is 1.86. The van der Waals surface area contributed by atoms with Crippen molar-refractivity contribution in [3.8, 4) is 12.3 Å². The van der Waals surface area contributed by atoms with Gasteiger partial charge in [-0.25, -0.2) is 9.78 Å². The first-order valence-electron chi connectivity index (χ1n) is 11.2. The van der Waals surface area contributed by atoms with E-state index in [9.17, 15) is 19.5 Å². The second-order valence-corrected chi connectivity index (χ2v) is 9.66. The Bertz CT molecular complexity index is 1360.